The van der Waals surface area contributed by atoms with Crippen LogP contribution in [0.1, 0.15) is 101 Å². The molecule has 4 rings (SSSR count). The smallest absolute Gasteiger partial charge is 0.122 e. The van der Waals surface area contributed by atoms with E-state index in [4.69, 9.17) is 4.74 Å². The number of halogens is 1. The first-order valence-corrected chi connectivity index (χ1v) is 12.7. The summed E-state index contributed by atoms with van der Waals surface area (Å²) in [6.45, 7) is 4.08. The van der Waals surface area contributed by atoms with E-state index in [1.54, 1.807) is 5.56 Å². The van der Waals surface area contributed by atoms with Gasteiger partial charge in [-0.25, -0.2) is 0 Å². The number of nitrogens with zero attached hydrogens (tertiary/aromatic N) is 1. The third kappa shape index (κ3) is 6.16. The maximum atomic E-state index is 5.61. The first kappa shape index (κ1) is 23.9. The lowest BCUT2D eigenvalue weighted by Crippen LogP contribution is -2.37. The number of rotatable bonds is 8. The molecular weight excluding hydrogens is 390 g/mol. The summed E-state index contributed by atoms with van der Waals surface area (Å²) in [5, 5.41) is 0. The molecule has 30 heavy (non-hydrogen) atoms. The van der Waals surface area contributed by atoms with Crippen molar-refractivity contribution in [3.05, 3.63) is 29.3 Å². The van der Waals surface area contributed by atoms with Crippen molar-refractivity contribution >= 4 is 12.4 Å². The van der Waals surface area contributed by atoms with Gasteiger partial charge in [0.05, 0.1) is 7.11 Å². The SMILES string of the molecule is COc1cccc2c1CCCC2CCCCCN1CCC(C2CCCCC2)CC1.Cl. The molecule has 3 heteroatoms. The Balaban J connectivity index is 0.00000256. The molecule has 0 radical (unpaired) electrons. The second-order valence-corrected chi connectivity index (χ2v) is 10.0. The number of hydrogen-bond donors (Lipinski definition) is 0. The quantitative estimate of drug-likeness (QED) is 0.396. The molecule has 1 aliphatic heterocycles. The van der Waals surface area contributed by atoms with Gasteiger partial charge < -0.3 is 9.64 Å². The Morgan fingerprint density at radius 3 is 2.40 bits per heavy atom. The number of likely N-dealkylation sites (tertiary alicyclic amines) is 1. The van der Waals surface area contributed by atoms with Crippen molar-refractivity contribution in [1.82, 2.24) is 4.90 Å². The Morgan fingerprint density at radius 1 is 0.867 bits per heavy atom. The molecular formula is C27H44ClNO. The van der Waals surface area contributed by atoms with Gasteiger partial charge in [-0.3, -0.25) is 0 Å². The van der Waals surface area contributed by atoms with Crippen LogP contribution in [0.5, 0.6) is 5.75 Å². The molecule has 1 saturated carbocycles. The Labute approximate surface area is 191 Å². The topological polar surface area (TPSA) is 12.5 Å². The Bertz CT molecular complexity index is 619. The van der Waals surface area contributed by atoms with Crippen LogP contribution in [0.2, 0.25) is 0 Å². The lowest BCUT2D eigenvalue weighted by Gasteiger charge is -2.37. The molecule has 0 bridgehead atoms. The van der Waals surface area contributed by atoms with E-state index in [1.165, 1.54) is 115 Å². The van der Waals surface area contributed by atoms with Crippen LogP contribution < -0.4 is 4.74 Å². The highest BCUT2D eigenvalue weighted by Crippen LogP contribution is 2.39. The van der Waals surface area contributed by atoms with E-state index in [1.807, 2.05) is 7.11 Å². The molecule has 1 saturated heterocycles. The number of unbranched alkanes of at least 4 members (excludes halogenated alkanes) is 2. The van der Waals surface area contributed by atoms with E-state index in [0.29, 0.717) is 0 Å². The van der Waals surface area contributed by atoms with Crippen molar-refractivity contribution in [3.63, 3.8) is 0 Å². The summed E-state index contributed by atoms with van der Waals surface area (Å²) in [5.74, 6) is 4.00. The summed E-state index contributed by atoms with van der Waals surface area (Å²) in [7, 11) is 1.82. The summed E-state index contributed by atoms with van der Waals surface area (Å²) < 4.78 is 5.61. The van der Waals surface area contributed by atoms with Crippen LogP contribution in [-0.2, 0) is 6.42 Å². The van der Waals surface area contributed by atoms with Crippen LogP contribution in [0.25, 0.3) is 0 Å². The lowest BCUT2D eigenvalue weighted by atomic mass is 9.76. The van der Waals surface area contributed by atoms with Crippen molar-refractivity contribution in [2.24, 2.45) is 11.8 Å². The maximum Gasteiger partial charge on any atom is 0.122 e. The molecule has 3 aliphatic rings. The molecule has 0 N–H and O–H groups in total. The number of hydrogen-bond acceptors (Lipinski definition) is 2. The minimum Gasteiger partial charge on any atom is -0.496 e. The predicted octanol–water partition coefficient (Wildman–Crippen LogP) is 7.39. The molecule has 2 fully saturated rings. The monoisotopic (exact) mass is 433 g/mol. The van der Waals surface area contributed by atoms with Gasteiger partial charge in [0, 0.05) is 0 Å². The molecule has 0 amide bonds. The van der Waals surface area contributed by atoms with Gasteiger partial charge in [-0.2, -0.15) is 0 Å². The van der Waals surface area contributed by atoms with Crippen LogP contribution in [0.3, 0.4) is 0 Å². The Hall–Kier alpha value is -0.730. The van der Waals surface area contributed by atoms with Crippen molar-refractivity contribution in [2.45, 2.75) is 95.8 Å². The molecule has 1 aromatic rings. The lowest BCUT2D eigenvalue weighted by molar-refractivity contribution is 0.125. The zero-order valence-electron chi connectivity index (χ0n) is 19.2. The molecule has 1 aromatic carbocycles. The number of benzene rings is 1. The van der Waals surface area contributed by atoms with Gasteiger partial charge in [0.15, 0.2) is 0 Å². The number of fused-ring (bicyclic) bond motifs is 1. The largest absolute Gasteiger partial charge is 0.496 e. The average molecular weight is 434 g/mol. The normalized spacial score (nSPS) is 23.6. The van der Waals surface area contributed by atoms with Crippen molar-refractivity contribution in [2.75, 3.05) is 26.7 Å². The highest BCUT2D eigenvalue weighted by atomic mass is 35.5. The third-order valence-electron chi connectivity index (χ3n) is 8.28. The van der Waals surface area contributed by atoms with Crippen molar-refractivity contribution in [3.8, 4) is 5.75 Å². The second-order valence-electron chi connectivity index (χ2n) is 10.0. The molecule has 1 atom stereocenters. The summed E-state index contributed by atoms with van der Waals surface area (Å²) >= 11 is 0. The zero-order chi connectivity index (χ0) is 19.9. The standard InChI is InChI=1S/C27H43NO.ClH/c1-29-27-16-9-14-25-24(13-8-15-26(25)27)12-6-3-7-19-28-20-17-23(18-21-28)22-10-4-2-5-11-22;/h9,14,16,22-24H,2-8,10-13,15,17-21H2,1H3;1H. The van der Waals surface area contributed by atoms with E-state index < -0.39 is 0 Å². The van der Waals surface area contributed by atoms with Gasteiger partial charge in [0.25, 0.3) is 0 Å². The Morgan fingerprint density at radius 2 is 1.63 bits per heavy atom. The predicted molar refractivity (Wildman–Crippen MR) is 130 cm³/mol. The third-order valence-corrected chi connectivity index (χ3v) is 8.28. The van der Waals surface area contributed by atoms with Gasteiger partial charge in [-0.1, -0.05) is 57.1 Å². The summed E-state index contributed by atoms with van der Waals surface area (Å²) in [5.41, 5.74) is 3.08. The van der Waals surface area contributed by atoms with Crippen LogP contribution >= 0.6 is 12.4 Å². The van der Waals surface area contributed by atoms with E-state index in [9.17, 15) is 0 Å². The summed E-state index contributed by atoms with van der Waals surface area (Å²) in [6.07, 6.45) is 20.0. The summed E-state index contributed by atoms with van der Waals surface area (Å²) in [6, 6.07) is 6.68. The molecule has 0 spiro atoms. The van der Waals surface area contributed by atoms with Gasteiger partial charge in [0.1, 0.15) is 5.75 Å². The molecule has 2 aliphatic carbocycles. The van der Waals surface area contributed by atoms with E-state index >= 15 is 0 Å². The van der Waals surface area contributed by atoms with Gasteiger partial charge in [-0.05, 0) is 99.5 Å². The Kier molecular flexibility index (Phi) is 9.84. The highest BCUT2D eigenvalue weighted by molar-refractivity contribution is 5.85. The van der Waals surface area contributed by atoms with Crippen LogP contribution in [-0.4, -0.2) is 31.6 Å². The number of ether oxygens (including phenoxy) is 1. The van der Waals surface area contributed by atoms with E-state index in [2.05, 4.69) is 23.1 Å². The minimum atomic E-state index is 0. The number of piperidine rings is 1. The fourth-order valence-corrected chi connectivity index (χ4v) is 6.56. The van der Waals surface area contributed by atoms with Gasteiger partial charge in [0.2, 0.25) is 0 Å². The molecule has 0 aromatic heterocycles. The zero-order valence-corrected chi connectivity index (χ0v) is 20.1. The van der Waals surface area contributed by atoms with E-state index in [-0.39, 0.29) is 12.4 Å². The fourth-order valence-electron chi connectivity index (χ4n) is 6.56. The van der Waals surface area contributed by atoms with Gasteiger partial charge >= 0.3 is 0 Å². The average Bonchev–Trinajstić information content (AvgIpc) is 2.79. The minimum absolute atomic E-state index is 0. The molecule has 1 heterocycles. The number of methoxy groups -OCH3 is 1. The summed E-state index contributed by atoms with van der Waals surface area (Å²) in [4.78, 5) is 2.76. The molecule has 2 nitrogen and oxygen atoms in total. The first-order chi connectivity index (χ1) is 14.3. The highest BCUT2D eigenvalue weighted by Gasteiger charge is 2.27. The van der Waals surface area contributed by atoms with Crippen LogP contribution in [0.4, 0.5) is 0 Å². The fraction of sp³-hybridized carbons (Fsp3) is 0.778. The molecule has 1 unspecified atom stereocenters. The van der Waals surface area contributed by atoms with Crippen LogP contribution in [0, 0.1) is 11.8 Å². The maximum absolute atomic E-state index is 5.61. The van der Waals surface area contributed by atoms with Gasteiger partial charge in [-0.15, -0.1) is 12.4 Å². The molecule has 170 valence electrons. The second kappa shape index (κ2) is 12.3. The first-order valence-electron chi connectivity index (χ1n) is 12.7. The van der Waals surface area contributed by atoms with E-state index in [0.717, 1.165) is 23.5 Å². The van der Waals surface area contributed by atoms with Crippen molar-refractivity contribution < 1.29 is 4.74 Å². The van der Waals surface area contributed by atoms with Crippen LogP contribution in [0.15, 0.2) is 18.2 Å². The van der Waals surface area contributed by atoms with Crippen molar-refractivity contribution in [1.29, 1.82) is 0 Å².